The molecule has 1 heteroatoms. The summed E-state index contributed by atoms with van der Waals surface area (Å²) in [5.41, 5.74) is 0.394. The van der Waals surface area contributed by atoms with E-state index in [1.165, 1.54) is 0 Å². The normalized spacial score (nSPS) is 13.7. The van der Waals surface area contributed by atoms with Gasteiger partial charge in [-0.25, -0.2) is 0 Å². The highest BCUT2D eigenvalue weighted by Crippen LogP contribution is 2.42. The maximum Gasteiger partial charge on any atom is 0.135 e. The number of hydrogen-bond acceptors (Lipinski definition) is 1. The monoisotopic (exact) mass is 212 g/mol. The summed E-state index contributed by atoms with van der Waals surface area (Å²) in [7, 11) is 0. The third-order valence-corrected chi connectivity index (χ3v) is 3.14. The van der Waals surface area contributed by atoms with Crippen LogP contribution in [0.1, 0.15) is 61.8 Å². The molecule has 0 N–H and O–H groups in total. The van der Waals surface area contributed by atoms with Gasteiger partial charge in [-0.1, -0.05) is 55.4 Å². The molecular weight excluding hydrogens is 184 g/mol. The zero-order valence-electron chi connectivity index (χ0n) is 11.8. The van der Waals surface area contributed by atoms with Crippen LogP contribution < -0.4 is 0 Å². The molecule has 0 saturated heterocycles. The quantitative estimate of drug-likeness (QED) is 0.681. The van der Waals surface area contributed by atoms with Crippen LogP contribution in [0.2, 0.25) is 0 Å². The fourth-order valence-corrected chi connectivity index (χ4v) is 2.35. The van der Waals surface area contributed by atoms with Crippen molar-refractivity contribution in [3.05, 3.63) is 0 Å². The molecule has 0 aromatic rings. The molecule has 1 nitrogen and oxygen atoms in total. The van der Waals surface area contributed by atoms with Crippen molar-refractivity contribution < 1.29 is 4.79 Å². The minimum atomic E-state index is 0.164. The zero-order valence-corrected chi connectivity index (χ0v) is 11.8. The summed E-state index contributed by atoms with van der Waals surface area (Å²) >= 11 is 0. The van der Waals surface area contributed by atoms with Gasteiger partial charge in [0.15, 0.2) is 0 Å². The Balaban J connectivity index is 4.77. The Morgan fingerprint density at radius 3 is 1.47 bits per heavy atom. The molecular formula is C14H28O. The lowest BCUT2D eigenvalue weighted by molar-refractivity contribution is -0.125. The van der Waals surface area contributed by atoms with Gasteiger partial charge in [0.05, 0.1) is 0 Å². The molecule has 0 fully saturated rings. The van der Waals surface area contributed by atoms with E-state index in [0.29, 0.717) is 18.1 Å². The number of Topliss-reactive ketones (excluding diaryl/α,β-unsaturated/α-hetero) is 1. The first kappa shape index (κ1) is 14.7. The smallest absolute Gasteiger partial charge is 0.135 e. The summed E-state index contributed by atoms with van der Waals surface area (Å²) in [6.45, 7) is 17.4. The predicted molar refractivity (Wildman–Crippen MR) is 66.9 cm³/mol. The van der Waals surface area contributed by atoms with Crippen LogP contribution >= 0.6 is 0 Å². The summed E-state index contributed by atoms with van der Waals surface area (Å²) in [6.07, 6.45) is 0.713. The van der Waals surface area contributed by atoms with Crippen LogP contribution in [0.25, 0.3) is 0 Å². The highest BCUT2D eigenvalue weighted by atomic mass is 16.1. The molecule has 0 unspecified atom stereocenters. The summed E-state index contributed by atoms with van der Waals surface area (Å²) in [5, 5.41) is 0. The molecule has 0 radical (unpaired) electrons. The van der Waals surface area contributed by atoms with E-state index in [2.05, 4.69) is 41.5 Å². The molecule has 0 aliphatic carbocycles. The van der Waals surface area contributed by atoms with Gasteiger partial charge in [-0.05, 0) is 16.7 Å². The third kappa shape index (κ3) is 4.81. The Morgan fingerprint density at radius 1 is 0.933 bits per heavy atom. The lowest BCUT2D eigenvalue weighted by atomic mass is 9.64. The van der Waals surface area contributed by atoms with Crippen LogP contribution in [0, 0.1) is 22.7 Å². The summed E-state index contributed by atoms with van der Waals surface area (Å²) in [5.74, 6) is 1.00. The second-order valence-electron chi connectivity index (χ2n) is 7.11. The first-order valence-electron chi connectivity index (χ1n) is 5.99. The predicted octanol–water partition coefficient (Wildman–Crippen LogP) is 4.31. The van der Waals surface area contributed by atoms with Gasteiger partial charge in [0.2, 0.25) is 0 Å². The Labute approximate surface area is 95.6 Å². The zero-order chi connectivity index (χ0) is 12.4. The van der Waals surface area contributed by atoms with Crippen LogP contribution in [0.15, 0.2) is 0 Å². The molecule has 0 saturated carbocycles. The third-order valence-electron chi connectivity index (χ3n) is 3.14. The van der Waals surface area contributed by atoms with Gasteiger partial charge in [0.1, 0.15) is 5.78 Å². The van der Waals surface area contributed by atoms with Gasteiger partial charge >= 0.3 is 0 Å². The first-order valence-corrected chi connectivity index (χ1v) is 5.99. The first-order chi connectivity index (χ1) is 6.46. The van der Waals surface area contributed by atoms with E-state index >= 15 is 0 Å². The minimum Gasteiger partial charge on any atom is -0.299 e. The highest BCUT2D eigenvalue weighted by molar-refractivity contribution is 5.80. The number of ketones is 1. The Bertz CT molecular complexity index is 198. The van der Waals surface area contributed by atoms with E-state index in [1.807, 2.05) is 13.8 Å². The molecule has 0 atom stereocenters. The second kappa shape index (κ2) is 4.67. The van der Waals surface area contributed by atoms with Gasteiger partial charge in [0.25, 0.3) is 0 Å². The van der Waals surface area contributed by atoms with E-state index in [1.54, 1.807) is 0 Å². The molecule has 15 heavy (non-hydrogen) atoms. The van der Waals surface area contributed by atoms with Crippen molar-refractivity contribution in [3.8, 4) is 0 Å². The van der Waals surface area contributed by atoms with E-state index in [4.69, 9.17) is 0 Å². The summed E-state index contributed by atoms with van der Waals surface area (Å²) in [6, 6.07) is 0. The van der Waals surface area contributed by atoms with E-state index in [9.17, 15) is 4.79 Å². The molecule has 0 bridgehead atoms. The molecule has 0 aromatic heterocycles. The molecule has 0 aliphatic heterocycles. The summed E-state index contributed by atoms with van der Waals surface area (Å²) < 4.78 is 0. The summed E-state index contributed by atoms with van der Waals surface area (Å²) in [4.78, 5) is 11.8. The lowest BCUT2D eigenvalue weighted by Crippen LogP contribution is -2.35. The lowest BCUT2D eigenvalue weighted by Gasteiger charge is -2.40. The minimum absolute atomic E-state index is 0.164. The average molecular weight is 212 g/mol. The Morgan fingerprint density at radius 2 is 1.27 bits per heavy atom. The van der Waals surface area contributed by atoms with Crippen LogP contribution in [0.5, 0.6) is 0 Å². The number of carbonyl (C=O) groups is 1. The molecule has 90 valence electrons. The van der Waals surface area contributed by atoms with Crippen LogP contribution in [-0.2, 0) is 4.79 Å². The fourth-order valence-electron chi connectivity index (χ4n) is 2.35. The van der Waals surface area contributed by atoms with Crippen molar-refractivity contribution in [2.45, 2.75) is 61.8 Å². The molecule has 0 aliphatic rings. The molecule has 0 amide bonds. The van der Waals surface area contributed by atoms with Gasteiger partial charge < -0.3 is 0 Å². The second-order valence-corrected chi connectivity index (χ2v) is 7.11. The Hall–Kier alpha value is -0.330. The highest BCUT2D eigenvalue weighted by Gasteiger charge is 2.36. The molecule has 0 aromatic carbocycles. The SMILES string of the molecule is CC(C)C(=O)CC(C(C)(C)C)C(C)(C)C. The van der Waals surface area contributed by atoms with Gasteiger partial charge in [-0.15, -0.1) is 0 Å². The van der Waals surface area contributed by atoms with E-state index in [-0.39, 0.29) is 16.7 Å². The van der Waals surface area contributed by atoms with Gasteiger partial charge in [-0.3, -0.25) is 4.79 Å². The maximum absolute atomic E-state index is 11.8. The standard InChI is InChI=1S/C14H28O/c1-10(2)11(15)9-12(13(3,4)5)14(6,7)8/h10,12H,9H2,1-8H3. The van der Waals surface area contributed by atoms with E-state index < -0.39 is 0 Å². The van der Waals surface area contributed by atoms with Crippen LogP contribution in [0.4, 0.5) is 0 Å². The van der Waals surface area contributed by atoms with Crippen molar-refractivity contribution in [2.24, 2.45) is 22.7 Å². The molecule has 0 heterocycles. The van der Waals surface area contributed by atoms with Crippen molar-refractivity contribution in [2.75, 3.05) is 0 Å². The number of hydrogen-bond donors (Lipinski definition) is 0. The van der Waals surface area contributed by atoms with Crippen molar-refractivity contribution in [1.29, 1.82) is 0 Å². The van der Waals surface area contributed by atoms with Crippen LogP contribution in [-0.4, -0.2) is 5.78 Å². The van der Waals surface area contributed by atoms with Crippen molar-refractivity contribution in [3.63, 3.8) is 0 Å². The van der Waals surface area contributed by atoms with E-state index in [0.717, 1.165) is 0 Å². The average Bonchev–Trinajstić information content (AvgIpc) is 1.94. The largest absolute Gasteiger partial charge is 0.299 e. The maximum atomic E-state index is 11.8. The van der Waals surface area contributed by atoms with Gasteiger partial charge in [-0.2, -0.15) is 0 Å². The van der Waals surface area contributed by atoms with Crippen molar-refractivity contribution >= 4 is 5.78 Å². The fraction of sp³-hybridized carbons (Fsp3) is 0.929. The van der Waals surface area contributed by atoms with Gasteiger partial charge in [0, 0.05) is 12.3 Å². The van der Waals surface area contributed by atoms with Crippen LogP contribution in [0.3, 0.4) is 0 Å². The molecule has 0 spiro atoms. The Kier molecular flexibility index (Phi) is 4.57. The number of carbonyl (C=O) groups excluding carboxylic acids is 1. The molecule has 0 rings (SSSR count). The van der Waals surface area contributed by atoms with Crippen molar-refractivity contribution in [1.82, 2.24) is 0 Å². The number of rotatable bonds is 3. The topological polar surface area (TPSA) is 17.1 Å².